The zero-order valence-corrected chi connectivity index (χ0v) is 7.60. The minimum absolute atomic E-state index is 0.221. The molecule has 1 aliphatic rings. The highest BCUT2D eigenvalue weighted by Crippen LogP contribution is 2.08. The van der Waals surface area contributed by atoms with Crippen LogP contribution in [0, 0.1) is 0 Å². The molecule has 1 saturated heterocycles. The number of sulfone groups is 2. The predicted octanol–water partition coefficient (Wildman–Crippen LogP) is -1.38. The topological polar surface area (TPSA) is 101 Å². The smallest absolute Gasteiger partial charge is 0.170 e. The van der Waals surface area contributed by atoms with Gasteiger partial charge in [-0.05, 0) is 0 Å². The maximum Gasteiger partial charge on any atom is 0.170 e. The summed E-state index contributed by atoms with van der Waals surface area (Å²) in [6.07, 6.45) is 0. The highest BCUT2D eigenvalue weighted by atomic mass is 32.3. The normalized spacial score (nSPS) is 26.5. The lowest BCUT2D eigenvalue weighted by Gasteiger charge is -2.12. The summed E-state index contributed by atoms with van der Waals surface area (Å²) >= 11 is 0. The van der Waals surface area contributed by atoms with Gasteiger partial charge in [0.25, 0.3) is 0 Å². The first kappa shape index (κ1) is 9.46. The molecule has 1 rings (SSSR count). The van der Waals surface area contributed by atoms with Gasteiger partial charge in [0.15, 0.2) is 24.8 Å². The standard InChI is InChI=1S/C4H7NO5S2/c6-5-4-1-11(7,8)3-12(9,10)2-4/h6H,1-3H2. The molecule has 0 saturated carbocycles. The first-order chi connectivity index (χ1) is 5.35. The van der Waals surface area contributed by atoms with Gasteiger partial charge in [-0.25, -0.2) is 16.8 Å². The minimum Gasteiger partial charge on any atom is -0.411 e. The molecular formula is C4H7NO5S2. The molecule has 1 aliphatic heterocycles. The van der Waals surface area contributed by atoms with Crippen molar-refractivity contribution in [3.8, 4) is 0 Å². The zero-order chi connectivity index (χ0) is 9.41. The van der Waals surface area contributed by atoms with Crippen LogP contribution in [-0.2, 0) is 19.7 Å². The van der Waals surface area contributed by atoms with Gasteiger partial charge in [-0.2, -0.15) is 0 Å². The first-order valence-electron chi connectivity index (χ1n) is 2.95. The van der Waals surface area contributed by atoms with E-state index in [1.54, 1.807) is 0 Å². The van der Waals surface area contributed by atoms with E-state index in [2.05, 4.69) is 5.16 Å². The Morgan fingerprint density at radius 1 is 1.08 bits per heavy atom. The Morgan fingerprint density at radius 3 is 1.83 bits per heavy atom. The van der Waals surface area contributed by atoms with E-state index in [1.165, 1.54) is 0 Å². The molecule has 12 heavy (non-hydrogen) atoms. The van der Waals surface area contributed by atoms with Gasteiger partial charge >= 0.3 is 0 Å². The van der Waals surface area contributed by atoms with E-state index >= 15 is 0 Å². The average molecular weight is 213 g/mol. The number of hydrogen-bond acceptors (Lipinski definition) is 6. The summed E-state index contributed by atoms with van der Waals surface area (Å²) in [5.41, 5.74) is -0.221. The fraction of sp³-hybridized carbons (Fsp3) is 0.750. The van der Waals surface area contributed by atoms with Crippen LogP contribution in [0.4, 0.5) is 0 Å². The second-order valence-corrected chi connectivity index (χ2v) is 7.05. The van der Waals surface area contributed by atoms with Gasteiger partial charge in [0.05, 0.1) is 17.2 Å². The van der Waals surface area contributed by atoms with Gasteiger partial charge in [-0.3, -0.25) is 0 Å². The van der Waals surface area contributed by atoms with Crippen molar-refractivity contribution < 1.29 is 22.0 Å². The lowest BCUT2D eigenvalue weighted by atomic mass is 10.5. The quantitative estimate of drug-likeness (QED) is 0.394. The average Bonchev–Trinajstić information content (AvgIpc) is 1.80. The van der Waals surface area contributed by atoms with E-state index in [0.717, 1.165) is 0 Å². The summed E-state index contributed by atoms with van der Waals surface area (Å²) in [5, 5.41) is 9.96. The summed E-state index contributed by atoms with van der Waals surface area (Å²) in [7, 11) is -7.26. The molecule has 0 aliphatic carbocycles. The third-order valence-electron chi connectivity index (χ3n) is 1.27. The Labute approximate surface area is 69.7 Å². The van der Waals surface area contributed by atoms with Gasteiger partial charge in [-0.15, -0.1) is 0 Å². The van der Waals surface area contributed by atoms with Crippen LogP contribution >= 0.6 is 0 Å². The van der Waals surface area contributed by atoms with Gasteiger partial charge in [0, 0.05) is 0 Å². The Balaban J connectivity index is 3.13. The molecule has 0 aromatic carbocycles. The van der Waals surface area contributed by atoms with E-state index in [-0.39, 0.29) is 5.71 Å². The summed E-state index contributed by atoms with van der Waals surface area (Å²) in [6, 6.07) is 0. The molecule has 0 amide bonds. The van der Waals surface area contributed by atoms with E-state index in [0.29, 0.717) is 0 Å². The van der Waals surface area contributed by atoms with E-state index < -0.39 is 36.3 Å². The Kier molecular flexibility index (Phi) is 2.13. The highest BCUT2D eigenvalue weighted by Gasteiger charge is 2.32. The van der Waals surface area contributed by atoms with Crippen LogP contribution in [0.15, 0.2) is 5.16 Å². The maximum atomic E-state index is 10.9. The molecule has 1 heterocycles. The van der Waals surface area contributed by atoms with Crippen molar-refractivity contribution >= 4 is 25.4 Å². The number of rotatable bonds is 0. The van der Waals surface area contributed by atoms with E-state index in [9.17, 15) is 16.8 Å². The summed E-state index contributed by atoms with van der Waals surface area (Å²) in [4.78, 5) is 0. The van der Waals surface area contributed by atoms with Crippen molar-refractivity contribution in [3.05, 3.63) is 0 Å². The number of hydrogen-bond donors (Lipinski definition) is 1. The second kappa shape index (κ2) is 2.70. The molecule has 0 spiro atoms. The molecule has 0 aromatic rings. The Bertz CT molecular complexity index is 367. The molecule has 0 aromatic heterocycles. The van der Waals surface area contributed by atoms with Crippen LogP contribution in [-0.4, -0.2) is 44.3 Å². The summed E-state index contributed by atoms with van der Waals surface area (Å²) in [6.45, 7) is 0. The molecule has 8 heteroatoms. The fourth-order valence-corrected chi connectivity index (χ4v) is 5.28. The Morgan fingerprint density at radius 2 is 1.50 bits per heavy atom. The van der Waals surface area contributed by atoms with Crippen molar-refractivity contribution in [2.75, 3.05) is 16.6 Å². The number of nitrogens with zero attached hydrogens (tertiary/aromatic N) is 1. The van der Waals surface area contributed by atoms with E-state index in [1.807, 2.05) is 0 Å². The molecule has 6 nitrogen and oxygen atoms in total. The molecule has 1 N–H and O–H groups in total. The van der Waals surface area contributed by atoms with Gasteiger partial charge in [0.1, 0.15) is 0 Å². The highest BCUT2D eigenvalue weighted by molar-refractivity contribution is 8.09. The van der Waals surface area contributed by atoms with Crippen LogP contribution in [0.5, 0.6) is 0 Å². The second-order valence-electron chi connectivity index (χ2n) is 2.56. The van der Waals surface area contributed by atoms with Crippen molar-refractivity contribution in [1.29, 1.82) is 0 Å². The third kappa shape index (κ3) is 2.18. The van der Waals surface area contributed by atoms with Crippen LogP contribution < -0.4 is 0 Å². The maximum absolute atomic E-state index is 10.9. The van der Waals surface area contributed by atoms with E-state index in [4.69, 9.17) is 5.21 Å². The molecular weight excluding hydrogens is 206 g/mol. The molecule has 0 atom stereocenters. The monoisotopic (exact) mass is 213 g/mol. The van der Waals surface area contributed by atoms with Crippen molar-refractivity contribution in [2.24, 2.45) is 5.16 Å². The molecule has 0 bridgehead atoms. The summed E-state index contributed by atoms with van der Waals surface area (Å²) in [5.74, 6) is -0.939. The van der Waals surface area contributed by atoms with Crippen molar-refractivity contribution in [2.45, 2.75) is 0 Å². The van der Waals surface area contributed by atoms with Gasteiger partial charge in [-0.1, -0.05) is 5.16 Å². The largest absolute Gasteiger partial charge is 0.411 e. The number of oxime groups is 1. The molecule has 0 radical (unpaired) electrons. The van der Waals surface area contributed by atoms with Gasteiger partial charge < -0.3 is 5.21 Å². The van der Waals surface area contributed by atoms with Crippen LogP contribution in [0.25, 0.3) is 0 Å². The first-order valence-corrected chi connectivity index (χ1v) is 6.59. The van der Waals surface area contributed by atoms with Crippen molar-refractivity contribution in [3.63, 3.8) is 0 Å². The zero-order valence-electron chi connectivity index (χ0n) is 5.97. The third-order valence-corrected chi connectivity index (χ3v) is 5.69. The van der Waals surface area contributed by atoms with Crippen LogP contribution in [0.2, 0.25) is 0 Å². The molecule has 0 unspecified atom stereocenters. The molecule has 1 fully saturated rings. The minimum atomic E-state index is -3.63. The summed E-state index contributed by atoms with van der Waals surface area (Å²) < 4.78 is 43.5. The Hall–Kier alpha value is -0.630. The van der Waals surface area contributed by atoms with Gasteiger partial charge in [0.2, 0.25) is 0 Å². The van der Waals surface area contributed by atoms with Crippen LogP contribution in [0.1, 0.15) is 0 Å². The SMILES string of the molecule is O=S1(=O)CC(=NO)CS(=O)(=O)C1. The molecule has 70 valence electrons. The van der Waals surface area contributed by atoms with Crippen LogP contribution in [0.3, 0.4) is 0 Å². The lowest BCUT2D eigenvalue weighted by molar-refractivity contribution is 0.318. The predicted molar refractivity (Wildman–Crippen MR) is 41.7 cm³/mol. The lowest BCUT2D eigenvalue weighted by Crippen LogP contribution is -2.36. The fourth-order valence-electron chi connectivity index (χ4n) is 0.964. The van der Waals surface area contributed by atoms with Crippen molar-refractivity contribution in [1.82, 2.24) is 0 Å².